The van der Waals surface area contributed by atoms with Gasteiger partial charge in [0.05, 0.1) is 0 Å². The maximum Gasteiger partial charge on any atom is 0.411 e. The van der Waals surface area contributed by atoms with Crippen molar-refractivity contribution in [2.24, 2.45) is 0 Å². The lowest BCUT2D eigenvalue weighted by molar-refractivity contribution is -0.177. The minimum Gasteiger partial charge on any atom is -0.464 e. The quantitative estimate of drug-likeness (QED) is 0.858. The second kappa shape index (κ2) is 6.24. The van der Waals surface area contributed by atoms with Gasteiger partial charge in [0.1, 0.15) is 24.7 Å². The van der Waals surface area contributed by atoms with Crippen molar-refractivity contribution in [2.75, 3.05) is 6.61 Å². The van der Waals surface area contributed by atoms with E-state index in [0.717, 1.165) is 5.56 Å². The Labute approximate surface area is 104 Å². The van der Waals surface area contributed by atoms with Crippen LogP contribution in [0.25, 0.3) is 0 Å². The first-order valence-electron chi connectivity index (χ1n) is 5.74. The van der Waals surface area contributed by atoms with Crippen molar-refractivity contribution in [3.8, 4) is 0 Å². The zero-order valence-electron chi connectivity index (χ0n) is 10.7. The summed E-state index contributed by atoms with van der Waals surface area (Å²) < 4.78 is 45.5. The largest absolute Gasteiger partial charge is 0.464 e. The Hall–Kier alpha value is -1.01. The van der Waals surface area contributed by atoms with E-state index in [1.165, 1.54) is 0 Å². The highest BCUT2D eigenvalue weighted by Crippen LogP contribution is 2.18. The Kier molecular flexibility index (Phi) is 5.22. The topological polar surface area (TPSA) is 34.4 Å². The van der Waals surface area contributed by atoms with Crippen LogP contribution in [0.3, 0.4) is 0 Å². The van der Waals surface area contributed by atoms with Gasteiger partial charge in [-0.15, -0.1) is 0 Å². The van der Waals surface area contributed by atoms with Crippen LogP contribution in [-0.2, 0) is 17.9 Å². The molecule has 0 aliphatic heterocycles. The summed E-state index contributed by atoms with van der Waals surface area (Å²) in [5.41, 5.74) is 0.939. The molecule has 3 nitrogen and oxygen atoms in total. The normalized spacial score (nSPS) is 12.4. The number of hydrogen-bond acceptors (Lipinski definition) is 3. The molecule has 0 amide bonds. The summed E-state index contributed by atoms with van der Waals surface area (Å²) in [4.78, 5) is 0. The minimum atomic E-state index is -4.30. The lowest BCUT2D eigenvalue weighted by Crippen LogP contribution is -2.21. The first-order chi connectivity index (χ1) is 8.28. The van der Waals surface area contributed by atoms with Gasteiger partial charge in [-0.1, -0.05) is 13.8 Å². The predicted molar refractivity (Wildman–Crippen MR) is 61.1 cm³/mol. The summed E-state index contributed by atoms with van der Waals surface area (Å²) in [6.07, 6.45) is -4.30. The molecule has 0 fully saturated rings. The SMILES string of the molecule is Cc1oc(COCC(F)(F)F)cc1CNC(C)C. The van der Waals surface area contributed by atoms with E-state index in [2.05, 4.69) is 10.1 Å². The summed E-state index contributed by atoms with van der Waals surface area (Å²) in [5, 5.41) is 3.22. The highest BCUT2D eigenvalue weighted by Gasteiger charge is 2.27. The van der Waals surface area contributed by atoms with Crippen molar-refractivity contribution in [2.45, 2.75) is 46.1 Å². The molecule has 1 aromatic heterocycles. The van der Waals surface area contributed by atoms with Crippen molar-refractivity contribution in [3.05, 3.63) is 23.2 Å². The van der Waals surface area contributed by atoms with E-state index in [0.29, 0.717) is 24.1 Å². The van der Waals surface area contributed by atoms with Crippen molar-refractivity contribution in [1.82, 2.24) is 5.32 Å². The van der Waals surface area contributed by atoms with Crippen LogP contribution in [-0.4, -0.2) is 18.8 Å². The third-order valence-electron chi connectivity index (χ3n) is 2.28. The average molecular weight is 265 g/mol. The van der Waals surface area contributed by atoms with Gasteiger partial charge < -0.3 is 14.5 Å². The Bertz CT molecular complexity index is 372. The van der Waals surface area contributed by atoms with E-state index >= 15 is 0 Å². The van der Waals surface area contributed by atoms with Crippen molar-refractivity contribution >= 4 is 0 Å². The molecule has 0 radical (unpaired) electrons. The molecule has 18 heavy (non-hydrogen) atoms. The summed E-state index contributed by atoms with van der Waals surface area (Å²) in [7, 11) is 0. The van der Waals surface area contributed by atoms with E-state index in [1.54, 1.807) is 13.0 Å². The zero-order valence-corrected chi connectivity index (χ0v) is 10.7. The Morgan fingerprint density at radius 1 is 1.39 bits per heavy atom. The molecule has 0 aromatic carbocycles. The molecule has 0 saturated heterocycles. The highest BCUT2D eigenvalue weighted by atomic mass is 19.4. The third kappa shape index (κ3) is 5.55. The summed E-state index contributed by atoms with van der Waals surface area (Å²) in [6.45, 7) is 5.02. The van der Waals surface area contributed by atoms with Gasteiger partial charge in [-0.3, -0.25) is 0 Å². The minimum absolute atomic E-state index is 0.165. The third-order valence-corrected chi connectivity index (χ3v) is 2.28. The molecule has 0 aliphatic rings. The van der Waals surface area contributed by atoms with E-state index < -0.39 is 12.8 Å². The Balaban J connectivity index is 2.45. The number of furan rings is 1. The van der Waals surface area contributed by atoms with Crippen molar-refractivity contribution in [1.29, 1.82) is 0 Å². The molecule has 0 unspecified atom stereocenters. The molecule has 6 heteroatoms. The van der Waals surface area contributed by atoms with Crippen LogP contribution >= 0.6 is 0 Å². The van der Waals surface area contributed by atoms with Crippen LogP contribution in [0.4, 0.5) is 13.2 Å². The smallest absolute Gasteiger partial charge is 0.411 e. The predicted octanol–water partition coefficient (Wildman–Crippen LogP) is 3.16. The fraction of sp³-hybridized carbons (Fsp3) is 0.667. The Morgan fingerprint density at radius 3 is 2.61 bits per heavy atom. The molecule has 0 spiro atoms. The highest BCUT2D eigenvalue weighted by molar-refractivity contribution is 5.20. The van der Waals surface area contributed by atoms with Crippen LogP contribution in [0.2, 0.25) is 0 Å². The van der Waals surface area contributed by atoms with Crippen molar-refractivity contribution in [3.63, 3.8) is 0 Å². The number of ether oxygens (including phenoxy) is 1. The molecule has 0 atom stereocenters. The Morgan fingerprint density at radius 2 is 2.06 bits per heavy atom. The maximum atomic E-state index is 11.9. The number of alkyl halides is 3. The molecular formula is C12H18F3NO2. The van der Waals surface area contributed by atoms with Crippen LogP contribution in [0.5, 0.6) is 0 Å². The van der Waals surface area contributed by atoms with Gasteiger partial charge in [-0.2, -0.15) is 13.2 Å². The maximum absolute atomic E-state index is 11.9. The monoisotopic (exact) mass is 265 g/mol. The number of nitrogens with one attached hydrogen (secondary N) is 1. The molecule has 1 heterocycles. The fourth-order valence-corrected chi connectivity index (χ4v) is 1.42. The van der Waals surface area contributed by atoms with E-state index in [4.69, 9.17) is 4.42 Å². The number of halogens is 3. The van der Waals surface area contributed by atoms with Gasteiger partial charge >= 0.3 is 6.18 Å². The molecule has 1 aromatic rings. The molecule has 1 rings (SSSR count). The standard InChI is InChI=1S/C12H18F3NO2/c1-8(2)16-5-10-4-11(18-9(10)3)6-17-7-12(13,14)15/h4,8,16H,5-7H2,1-3H3. The second-order valence-corrected chi connectivity index (χ2v) is 4.44. The van der Waals surface area contributed by atoms with Gasteiger partial charge in [0.2, 0.25) is 0 Å². The number of hydrogen-bond donors (Lipinski definition) is 1. The van der Waals surface area contributed by atoms with Gasteiger partial charge in [0.15, 0.2) is 0 Å². The van der Waals surface area contributed by atoms with Crippen LogP contribution in [0.15, 0.2) is 10.5 Å². The van der Waals surface area contributed by atoms with Crippen LogP contribution in [0.1, 0.15) is 30.9 Å². The first-order valence-corrected chi connectivity index (χ1v) is 5.74. The summed E-state index contributed by atoms with van der Waals surface area (Å²) >= 11 is 0. The molecule has 1 N–H and O–H groups in total. The fourth-order valence-electron chi connectivity index (χ4n) is 1.42. The average Bonchev–Trinajstić information content (AvgIpc) is 2.54. The van der Waals surface area contributed by atoms with E-state index in [-0.39, 0.29) is 6.61 Å². The zero-order chi connectivity index (χ0) is 13.8. The molecule has 104 valence electrons. The lowest BCUT2D eigenvalue weighted by Gasteiger charge is -2.06. The van der Waals surface area contributed by atoms with E-state index in [1.807, 2.05) is 13.8 Å². The molecule has 0 bridgehead atoms. The lowest BCUT2D eigenvalue weighted by atomic mass is 10.2. The number of aryl methyl sites for hydroxylation is 1. The van der Waals surface area contributed by atoms with Gasteiger partial charge in [0, 0.05) is 18.2 Å². The number of rotatable bonds is 6. The van der Waals surface area contributed by atoms with Crippen LogP contribution in [0, 0.1) is 6.92 Å². The summed E-state index contributed by atoms with van der Waals surface area (Å²) in [6, 6.07) is 2.06. The van der Waals surface area contributed by atoms with Crippen molar-refractivity contribution < 1.29 is 22.3 Å². The first kappa shape index (κ1) is 15.0. The summed E-state index contributed by atoms with van der Waals surface area (Å²) in [5.74, 6) is 1.12. The van der Waals surface area contributed by atoms with Gasteiger partial charge in [0.25, 0.3) is 0 Å². The van der Waals surface area contributed by atoms with Gasteiger partial charge in [-0.05, 0) is 13.0 Å². The molecule has 0 aliphatic carbocycles. The second-order valence-electron chi connectivity index (χ2n) is 4.44. The molecule has 0 saturated carbocycles. The van der Waals surface area contributed by atoms with Gasteiger partial charge in [-0.25, -0.2) is 0 Å². The van der Waals surface area contributed by atoms with Crippen LogP contribution < -0.4 is 5.32 Å². The van der Waals surface area contributed by atoms with E-state index in [9.17, 15) is 13.2 Å². The molecular weight excluding hydrogens is 247 g/mol.